The Morgan fingerprint density at radius 2 is 0.495 bits per heavy atom. The molecule has 0 radical (unpaired) electrons. The van der Waals surface area contributed by atoms with Gasteiger partial charge in [0.1, 0.15) is 19.3 Å². The zero-order valence-corrected chi connectivity index (χ0v) is 69.4. The second-order valence-corrected chi connectivity index (χ2v) is 33.8. The Balaban J connectivity index is 5.25. The minimum absolute atomic E-state index is 0.108. The van der Waals surface area contributed by atoms with Crippen molar-refractivity contribution in [1.82, 2.24) is 0 Å². The molecule has 0 bridgehead atoms. The van der Waals surface area contributed by atoms with Gasteiger partial charge in [-0.05, 0) is 37.5 Å². The van der Waals surface area contributed by atoms with Gasteiger partial charge in [0.05, 0.1) is 26.4 Å². The van der Waals surface area contributed by atoms with E-state index < -0.39 is 97.5 Å². The van der Waals surface area contributed by atoms with Crippen LogP contribution in [-0.4, -0.2) is 96.7 Å². The molecule has 0 aromatic heterocycles. The summed E-state index contributed by atoms with van der Waals surface area (Å²) in [6, 6.07) is 0. The van der Waals surface area contributed by atoms with Crippen LogP contribution in [-0.2, 0) is 65.4 Å². The number of phosphoric ester groups is 2. The summed E-state index contributed by atoms with van der Waals surface area (Å²) in [6.07, 6.45) is 66.5. The normalized spacial score (nSPS) is 14.1. The van der Waals surface area contributed by atoms with Gasteiger partial charge in [-0.15, -0.1) is 0 Å². The van der Waals surface area contributed by atoms with E-state index in [2.05, 4.69) is 41.5 Å². The Hall–Kier alpha value is -1.94. The number of aliphatic hydroxyl groups excluding tert-OH is 1. The highest BCUT2D eigenvalue weighted by atomic mass is 31.2. The summed E-state index contributed by atoms with van der Waals surface area (Å²) in [5.41, 5.74) is 0. The van der Waals surface area contributed by atoms with Crippen molar-refractivity contribution < 1.29 is 80.2 Å². The largest absolute Gasteiger partial charge is 0.472 e. The van der Waals surface area contributed by atoms with E-state index in [0.717, 1.165) is 102 Å². The maximum atomic E-state index is 13.1. The first kappa shape index (κ1) is 101. The fourth-order valence-corrected chi connectivity index (χ4v) is 14.6. The molecule has 103 heavy (non-hydrogen) atoms. The lowest BCUT2D eigenvalue weighted by Crippen LogP contribution is -2.30. The number of aliphatic hydroxyl groups is 1. The lowest BCUT2D eigenvalue weighted by atomic mass is 9.99. The van der Waals surface area contributed by atoms with Gasteiger partial charge in [0.2, 0.25) is 0 Å². The van der Waals surface area contributed by atoms with Gasteiger partial charge in [-0.1, -0.05) is 395 Å². The van der Waals surface area contributed by atoms with E-state index >= 15 is 0 Å². The van der Waals surface area contributed by atoms with Crippen molar-refractivity contribution in [3.8, 4) is 0 Å². The van der Waals surface area contributed by atoms with Gasteiger partial charge in [-0.3, -0.25) is 37.3 Å². The van der Waals surface area contributed by atoms with Crippen LogP contribution in [0, 0.1) is 11.8 Å². The topological polar surface area (TPSA) is 237 Å². The van der Waals surface area contributed by atoms with Gasteiger partial charge in [0.25, 0.3) is 0 Å². The highest BCUT2D eigenvalue weighted by Crippen LogP contribution is 2.45. The molecule has 0 amide bonds. The molecule has 0 aliphatic carbocycles. The average Bonchev–Trinajstić information content (AvgIpc) is 0.909. The maximum absolute atomic E-state index is 13.1. The monoisotopic (exact) mass is 1510 g/mol. The van der Waals surface area contributed by atoms with Crippen LogP contribution < -0.4 is 0 Å². The maximum Gasteiger partial charge on any atom is 0.472 e. The number of carbonyl (C=O) groups excluding carboxylic acids is 4. The zero-order valence-electron chi connectivity index (χ0n) is 67.6. The first-order chi connectivity index (χ1) is 49.9. The van der Waals surface area contributed by atoms with Crippen molar-refractivity contribution in [1.29, 1.82) is 0 Å². The van der Waals surface area contributed by atoms with Crippen LogP contribution >= 0.6 is 15.6 Å². The van der Waals surface area contributed by atoms with Gasteiger partial charge in [-0.25, -0.2) is 9.13 Å². The number of unbranched alkanes of at least 4 members (excludes halogenated alkanes) is 52. The average molecular weight is 1510 g/mol. The van der Waals surface area contributed by atoms with E-state index in [4.69, 9.17) is 37.0 Å². The van der Waals surface area contributed by atoms with Crippen LogP contribution in [0.4, 0.5) is 0 Å². The number of hydrogen-bond donors (Lipinski definition) is 3. The van der Waals surface area contributed by atoms with Crippen LogP contribution in [0.2, 0.25) is 0 Å². The summed E-state index contributed by atoms with van der Waals surface area (Å²) in [7, 11) is -9.93. The van der Waals surface area contributed by atoms with Crippen molar-refractivity contribution in [2.45, 2.75) is 464 Å². The van der Waals surface area contributed by atoms with Crippen LogP contribution in [0.25, 0.3) is 0 Å². The van der Waals surface area contributed by atoms with Gasteiger partial charge in [0, 0.05) is 25.7 Å². The van der Waals surface area contributed by atoms with Crippen molar-refractivity contribution >= 4 is 39.5 Å². The standard InChI is InChI=1S/C84H164O17P2/c1-7-10-12-14-16-18-20-22-24-25-26-27-28-29-35-39-43-51-57-63-69-84(89)100-79(72-94-81(86)66-60-54-48-41-37-34-31-30-32-36-40-46-52-58-64-76(4)5)74-98-102(90,91)96-70-78(85)71-97-103(92,93)99-75-80(73-95-82(87)67-61-55-49-45-44-47-53-59-65-77(6)9-3)101-83(88)68-62-56-50-42-38-33-23-21-19-17-15-13-11-8-2/h76-80,85H,7-75H2,1-6H3,(H,90,91)(H,92,93)/t77?,78-,79-,80-/m1/s1. The second kappa shape index (κ2) is 75.5. The van der Waals surface area contributed by atoms with E-state index in [9.17, 15) is 43.2 Å². The Morgan fingerprint density at radius 1 is 0.282 bits per heavy atom. The van der Waals surface area contributed by atoms with Crippen molar-refractivity contribution in [3.63, 3.8) is 0 Å². The van der Waals surface area contributed by atoms with E-state index in [-0.39, 0.29) is 25.7 Å². The Bertz CT molecular complexity index is 1980. The minimum Gasteiger partial charge on any atom is -0.462 e. The van der Waals surface area contributed by atoms with E-state index in [1.807, 2.05) is 0 Å². The van der Waals surface area contributed by atoms with Crippen molar-refractivity contribution in [3.05, 3.63) is 0 Å². The van der Waals surface area contributed by atoms with Gasteiger partial charge >= 0.3 is 39.5 Å². The summed E-state index contributed by atoms with van der Waals surface area (Å²) >= 11 is 0. The molecule has 0 aromatic rings. The summed E-state index contributed by atoms with van der Waals surface area (Å²) in [5, 5.41) is 10.7. The van der Waals surface area contributed by atoms with Gasteiger partial charge in [-0.2, -0.15) is 0 Å². The molecule has 3 N–H and O–H groups in total. The molecule has 3 unspecified atom stereocenters. The summed E-state index contributed by atoms with van der Waals surface area (Å²) in [6.45, 7) is 9.69. The first-order valence-electron chi connectivity index (χ1n) is 43.5. The van der Waals surface area contributed by atoms with Gasteiger partial charge in [0.15, 0.2) is 12.2 Å². The van der Waals surface area contributed by atoms with E-state index in [0.29, 0.717) is 25.7 Å². The number of hydrogen-bond acceptors (Lipinski definition) is 15. The van der Waals surface area contributed by atoms with E-state index in [1.54, 1.807) is 0 Å². The molecule has 0 saturated heterocycles. The predicted octanol–water partition coefficient (Wildman–Crippen LogP) is 25.5. The zero-order chi connectivity index (χ0) is 75.6. The number of carbonyl (C=O) groups is 4. The molecule has 0 aliphatic heterocycles. The molecule has 0 saturated carbocycles. The van der Waals surface area contributed by atoms with Crippen LogP contribution in [0.1, 0.15) is 446 Å². The number of esters is 4. The molecule has 17 nitrogen and oxygen atoms in total. The first-order valence-corrected chi connectivity index (χ1v) is 46.5. The number of ether oxygens (including phenoxy) is 4. The fraction of sp³-hybridized carbons (Fsp3) is 0.952. The molecule has 0 fully saturated rings. The Labute approximate surface area is 632 Å². The highest BCUT2D eigenvalue weighted by Gasteiger charge is 2.30. The lowest BCUT2D eigenvalue weighted by molar-refractivity contribution is -0.161. The van der Waals surface area contributed by atoms with Gasteiger partial charge < -0.3 is 33.8 Å². The molecule has 0 rings (SSSR count). The Kier molecular flexibility index (Phi) is 74.1. The molecule has 0 spiro atoms. The van der Waals surface area contributed by atoms with Crippen LogP contribution in [0.15, 0.2) is 0 Å². The number of rotatable bonds is 83. The smallest absolute Gasteiger partial charge is 0.462 e. The molecular formula is C84H164O17P2. The molecular weight excluding hydrogens is 1340 g/mol. The molecule has 0 heterocycles. The van der Waals surface area contributed by atoms with E-state index in [1.165, 1.54) is 263 Å². The van der Waals surface area contributed by atoms with Crippen molar-refractivity contribution in [2.75, 3.05) is 39.6 Å². The third-order valence-electron chi connectivity index (χ3n) is 20.1. The second-order valence-electron chi connectivity index (χ2n) is 30.9. The molecule has 19 heteroatoms. The van der Waals surface area contributed by atoms with Crippen LogP contribution in [0.3, 0.4) is 0 Å². The third kappa shape index (κ3) is 76.6. The highest BCUT2D eigenvalue weighted by molar-refractivity contribution is 7.47. The molecule has 0 aliphatic rings. The van der Waals surface area contributed by atoms with Crippen molar-refractivity contribution in [2.24, 2.45) is 11.8 Å². The summed E-state index contributed by atoms with van der Waals surface area (Å²) < 4.78 is 68.9. The lowest BCUT2D eigenvalue weighted by Gasteiger charge is -2.21. The third-order valence-corrected chi connectivity index (χ3v) is 22.0. The summed E-state index contributed by atoms with van der Waals surface area (Å²) in [5.74, 6) is -0.527. The Morgan fingerprint density at radius 3 is 0.738 bits per heavy atom. The number of phosphoric acid groups is 2. The molecule has 0 aromatic carbocycles. The minimum atomic E-state index is -4.96. The predicted molar refractivity (Wildman–Crippen MR) is 423 cm³/mol. The fourth-order valence-electron chi connectivity index (χ4n) is 13.0. The van der Waals surface area contributed by atoms with Crippen LogP contribution in [0.5, 0.6) is 0 Å². The summed E-state index contributed by atoms with van der Waals surface area (Å²) in [4.78, 5) is 73.2. The quantitative estimate of drug-likeness (QED) is 0.0222. The molecule has 612 valence electrons. The molecule has 6 atom stereocenters. The SMILES string of the molecule is CCCCCCCCCCCCCCCCCCCCCCC(=O)O[C@H](COC(=O)CCCCCCCCCCCCCCCCC(C)C)COP(=O)(O)OC[C@@H](O)COP(=O)(O)OC[C@@H](COC(=O)CCCCCCCCCCC(C)CC)OC(=O)CCCCCCCCCCCCCCCC.